The van der Waals surface area contributed by atoms with Gasteiger partial charge in [0.1, 0.15) is 0 Å². The first kappa shape index (κ1) is 17.6. The van der Waals surface area contributed by atoms with Crippen molar-refractivity contribution in [3.63, 3.8) is 0 Å². The molecule has 0 spiro atoms. The van der Waals surface area contributed by atoms with Crippen molar-refractivity contribution in [1.29, 1.82) is 0 Å². The maximum absolute atomic E-state index is 11.9. The van der Waals surface area contributed by atoms with Crippen molar-refractivity contribution in [2.24, 2.45) is 4.99 Å². The number of rotatable bonds is 3. The Labute approximate surface area is 155 Å². The van der Waals surface area contributed by atoms with Gasteiger partial charge in [0.25, 0.3) is 0 Å². The van der Waals surface area contributed by atoms with Gasteiger partial charge in [-0.05, 0) is 37.5 Å². The molecule has 1 aromatic rings. The number of fused-ring (bicyclic) bond motifs is 1. The number of carboxylic acid groups (broad SMARTS) is 1. The topological polar surface area (TPSA) is 52.9 Å². The molecular weight excluding hydrogens is 367 g/mol. The third-order valence-electron chi connectivity index (χ3n) is 4.39. The van der Waals surface area contributed by atoms with Crippen LogP contribution in [0.4, 0.5) is 0 Å². The average Bonchev–Trinajstić information content (AvgIpc) is 2.55. The zero-order valence-corrected chi connectivity index (χ0v) is 15.8. The summed E-state index contributed by atoms with van der Waals surface area (Å²) in [4.78, 5) is 18.5. The Balaban J connectivity index is 2.09. The predicted octanol–water partition coefficient (Wildman–Crippen LogP) is 4.98. The first-order chi connectivity index (χ1) is 11.4. The number of carboxylic acids is 1. The molecule has 2 aliphatic heterocycles. The van der Waals surface area contributed by atoms with Crippen LogP contribution in [0.3, 0.4) is 0 Å². The highest BCUT2D eigenvalue weighted by atomic mass is 35.5. The molecule has 4 nitrogen and oxygen atoms in total. The van der Waals surface area contributed by atoms with Crippen molar-refractivity contribution in [3.8, 4) is 0 Å². The Bertz CT molecular complexity index is 748. The molecule has 2 unspecified atom stereocenters. The maximum atomic E-state index is 11.9. The van der Waals surface area contributed by atoms with Crippen LogP contribution in [-0.2, 0) is 4.79 Å². The molecule has 0 aliphatic carbocycles. The van der Waals surface area contributed by atoms with E-state index in [1.165, 1.54) is 0 Å². The molecule has 1 saturated heterocycles. The third-order valence-corrected chi connectivity index (χ3v) is 6.57. The minimum absolute atomic E-state index is 0.299. The molecule has 3 rings (SSSR count). The fourth-order valence-electron chi connectivity index (χ4n) is 3.13. The summed E-state index contributed by atoms with van der Waals surface area (Å²) < 4.78 is 0. The molecule has 0 saturated carbocycles. The summed E-state index contributed by atoms with van der Waals surface area (Å²) in [6.07, 6.45) is 2.08. The number of amidine groups is 1. The van der Waals surface area contributed by atoms with Gasteiger partial charge in [0.15, 0.2) is 5.17 Å². The van der Waals surface area contributed by atoms with E-state index in [1.807, 2.05) is 6.07 Å². The zero-order chi connectivity index (χ0) is 17.4. The van der Waals surface area contributed by atoms with Crippen molar-refractivity contribution < 1.29 is 9.90 Å². The molecule has 7 heteroatoms. The second-order valence-corrected chi connectivity index (χ2v) is 7.99. The first-order valence-corrected chi connectivity index (χ1v) is 9.47. The van der Waals surface area contributed by atoms with Gasteiger partial charge in [0.05, 0.1) is 27.4 Å². The lowest BCUT2D eigenvalue weighted by atomic mass is 9.94. The van der Waals surface area contributed by atoms with Crippen LogP contribution in [0.5, 0.6) is 0 Å². The van der Waals surface area contributed by atoms with Crippen LogP contribution in [0.2, 0.25) is 10.0 Å². The van der Waals surface area contributed by atoms with Crippen LogP contribution < -0.4 is 0 Å². The number of carbonyl (C=O) groups is 1. The monoisotopic (exact) mass is 384 g/mol. The van der Waals surface area contributed by atoms with E-state index < -0.39 is 12.0 Å². The number of hydrogen-bond donors (Lipinski definition) is 1. The maximum Gasteiger partial charge on any atom is 0.335 e. The van der Waals surface area contributed by atoms with Gasteiger partial charge in [-0.3, -0.25) is 0 Å². The highest BCUT2D eigenvalue weighted by Crippen LogP contribution is 2.42. The first-order valence-electron chi connectivity index (χ1n) is 7.83. The van der Waals surface area contributed by atoms with E-state index in [2.05, 4.69) is 16.8 Å². The number of allylic oxidation sites excluding steroid dienone is 1. The van der Waals surface area contributed by atoms with Crippen molar-refractivity contribution in [2.75, 3.05) is 6.54 Å². The number of benzene rings is 1. The Kier molecular flexibility index (Phi) is 5.13. The van der Waals surface area contributed by atoms with Gasteiger partial charge in [-0.1, -0.05) is 48.0 Å². The van der Waals surface area contributed by atoms with Crippen molar-refractivity contribution in [2.45, 2.75) is 38.0 Å². The van der Waals surface area contributed by atoms with E-state index in [-0.39, 0.29) is 0 Å². The van der Waals surface area contributed by atoms with E-state index in [4.69, 9.17) is 23.2 Å². The summed E-state index contributed by atoms with van der Waals surface area (Å²) in [7, 11) is 0. The largest absolute Gasteiger partial charge is 0.478 e. The van der Waals surface area contributed by atoms with Crippen LogP contribution in [0.15, 0.2) is 34.5 Å². The molecule has 1 N–H and O–H groups in total. The number of thioether (sulfide) groups is 1. The molecule has 2 heterocycles. The number of aliphatic carboxylic acids is 1. The smallest absolute Gasteiger partial charge is 0.335 e. The van der Waals surface area contributed by atoms with E-state index in [9.17, 15) is 9.90 Å². The van der Waals surface area contributed by atoms with E-state index in [0.717, 1.165) is 30.1 Å². The van der Waals surface area contributed by atoms with Crippen LogP contribution in [-0.4, -0.2) is 32.9 Å². The van der Waals surface area contributed by atoms with Crippen molar-refractivity contribution in [3.05, 3.63) is 45.1 Å². The van der Waals surface area contributed by atoms with Gasteiger partial charge < -0.3 is 10.0 Å². The molecule has 24 heavy (non-hydrogen) atoms. The van der Waals surface area contributed by atoms with Crippen LogP contribution in [0, 0.1) is 0 Å². The van der Waals surface area contributed by atoms with Gasteiger partial charge in [0.2, 0.25) is 0 Å². The summed E-state index contributed by atoms with van der Waals surface area (Å²) in [6, 6.07) is 4.92. The summed E-state index contributed by atoms with van der Waals surface area (Å²) >= 11 is 13.9. The van der Waals surface area contributed by atoms with E-state index in [0.29, 0.717) is 26.6 Å². The normalized spacial score (nSPS) is 23.8. The second kappa shape index (κ2) is 6.98. The van der Waals surface area contributed by atoms with Gasteiger partial charge in [-0.2, -0.15) is 0 Å². The summed E-state index contributed by atoms with van der Waals surface area (Å²) in [5.41, 5.74) is 1.67. The molecule has 0 bridgehead atoms. The van der Waals surface area contributed by atoms with Gasteiger partial charge in [0, 0.05) is 11.8 Å². The highest BCUT2D eigenvalue weighted by Gasteiger charge is 2.39. The van der Waals surface area contributed by atoms with Gasteiger partial charge in [-0.25, -0.2) is 9.79 Å². The Morgan fingerprint density at radius 3 is 2.79 bits per heavy atom. The number of nitrogens with zero attached hydrogens (tertiary/aromatic N) is 2. The van der Waals surface area contributed by atoms with Crippen molar-refractivity contribution in [1.82, 2.24) is 4.90 Å². The minimum Gasteiger partial charge on any atom is -0.478 e. The average molecular weight is 385 g/mol. The minimum atomic E-state index is -0.950. The fourth-order valence-corrected chi connectivity index (χ4v) is 4.65. The molecule has 2 aliphatic rings. The molecule has 0 amide bonds. The number of hydrogen-bond acceptors (Lipinski definition) is 4. The predicted molar refractivity (Wildman–Crippen MR) is 100.0 cm³/mol. The molecule has 0 aromatic heterocycles. The van der Waals surface area contributed by atoms with E-state index in [1.54, 1.807) is 30.8 Å². The summed E-state index contributed by atoms with van der Waals surface area (Å²) in [5.74, 6) is -0.950. The SMILES string of the molecule is CCC1CCN2C(=NC(C)=C(C(=O)O)C2c2ccc(Cl)c(Cl)c2)S1. The van der Waals surface area contributed by atoms with Crippen LogP contribution in [0.1, 0.15) is 38.3 Å². The molecular formula is C17H18Cl2N2O2S. The Morgan fingerprint density at radius 2 is 2.17 bits per heavy atom. The number of aliphatic imine (C=N–C) groups is 1. The van der Waals surface area contributed by atoms with Crippen molar-refractivity contribution >= 4 is 46.1 Å². The highest BCUT2D eigenvalue weighted by molar-refractivity contribution is 8.14. The molecule has 0 radical (unpaired) electrons. The summed E-state index contributed by atoms with van der Waals surface area (Å²) in [5, 5.41) is 12.0. The molecule has 2 atom stereocenters. The molecule has 1 fully saturated rings. The lowest BCUT2D eigenvalue weighted by Gasteiger charge is -2.42. The lowest BCUT2D eigenvalue weighted by molar-refractivity contribution is -0.133. The van der Waals surface area contributed by atoms with Gasteiger partial charge in [-0.15, -0.1) is 0 Å². The quantitative estimate of drug-likeness (QED) is 0.797. The standard InChI is InChI=1S/C17H18Cl2N2O2S/c1-3-11-6-7-21-15(10-4-5-12(18)13(19)8-10)14(16(22)23)9(2)20-17(21)24-11/h4-5,8,11,15H,3,6-7H2,1-2H3,(H,22,23). The van der Waals surface area contributed by atoms with Gasteiger partial charge >= 0.3 is 5.97 Å². The third kappa shape index (κ3) is 3.17. The Morgan fingerprint density at radius 1 is 1.42 bits per heavy atom. The summed E-state index contributed by atoms with van der Waals surface area (Å²) in [6.45, 7) is 4.70. The van der Waals surface area contributed by atoms with E-state index >= 15 is 0 Å². The number of halogens is 2. The second-order valence-electron chi connectivity index (χ2n) is 5.90. The van der Waals surface area contributed by atoms with Crippen LogP contribution in [0.25, 0.3) is 0 Å². The molecule has 1 aromatic carbocycles. The lowest BCUT2D eigenvalue weighted by Crippen LogP contribution is -2.43. The molecule has 128 valence electrons. The zero-order valence-electron chi connectivity index (χ0n) is 13.4. The van der Waals surface area contributed by atoms with Crippen LogP contribution >= 0.6 is 35.0 Å². The Hall–Kier alpha value is -1.17. The fraction of sp³-hybridized carbons (Fsp3) is 0.412.